The summed E-state index contributed by atoms with van der Waals surface area (Å²) in [6, 6.07) is 4.00. The van der Waals surface area contributed by atoms with Crippen molar-refractivity contribution in [2.24, 2.45) is 0 Å². The van der Waals surface area contributed by atoms with Crippen molar-refractivity contribution in [3.8, 4) is 0 Å². The fourth-order valence-electron chi connectivity index (χ4n) is 1.49. The van der Waals surface area contributed by atoms with Crippen molar-refractivity contribution in [1.82, 2.24) is 15.1 Å². The molecule has 2 aromatic rings. The van der Waals surface area contributed by atoms with E-state index in [4.69, 9.17) is 5.73 Å². The minimum atomic E-state index is 0.0528. The molecule has 5 nitrogen and oxygen atoms in total. The third kappa shape index (κ3) is 4.32. The summed E-state index contributed by atoms with van der Waals surface area (Å²) in [5, 5.41) is 10.0. The second-order valence-electron chi connectivity index (χ2n) is 3.84. The van der Waals surface area contributed by atoms with Gasteiger partial charge in [0.05, 0.1) is 12.3 Å². The molecule has 2 N–H and O–H groups in total. The number of hydrogen-bond acceptors (Lipinski definition) is 7. The molecule has 0 saturated heterocycles. The smallest absolute Gasteiger partial charge is 0.233 e. The van der Waals surface area contributed by atoms with Crippen LogP contribution in [-0.2, 0) is 11.3 Å². The molecule has 2 aromatic heterocycles. The molecule has 2 rings (SSSR count). The first-order chi connectivity index (χ1) is 9.69. The van der Waals surface area contributed by atoms with Crippen molar-refractivity contribution in [3.05, 3.63) is 35.0 Å². The first-order valence-corrected chi connectivity index (χ1v) is 8.50. The van der Waals surface area contributed by atoms with Crippen LogP contribution in [0.1, 0.15) is 4.88 Å². The van der Waals surface area contributed by atoms with E-state index in [1.54, 1.807) is 22.3 Å². The third-order valence-corrected chi connectivity index (χ3v) is 5.10. The molecule has 106 valence electrons. The first kappa shape index (κ1) is 15.0. The fourth-order valence-corrected chi connectivity index (χ4v) is 3.75. The van der Waals surface area contributed by atoms with Crippen LogP contribution in [0.2, 0.25) is 0 Å². The van der Waals surface area contributed by atoms with E-state index in [9.17, 15) is 4.79 Å². The number of carbonyl (C=O) groups is 1. The van der Waals surface area contributed by atoms with Gasteiger partial charge in [0.25, 0.3) is 0 Å². The molecule has 0 spiro atoms. The van der Waals surface area contributed by atoms with Gasteiger partial charge in [0.1, 0.15) is 0 Å². The van der Waals surface area contributed by atoms with E-state index in [1.807, 2.05) is 17.5 Å². The molecule has 1 amide bonds. The molecule has 0 aliphatic carbocycles. The van der Waals surface area contributed by atoms with Gasteiger partial charge in [0.15, 0.2) is 4.34 Å². The zero-order valence-corrected chi connectivity index (χ0v) is 13.1. The number of thioether (sulfide) groups is 1. The molecule has 2 heterocycles. The quantitative estimate of drug-likeness (QED) is 0.625. The zero-order chi connectivity index (χ0) is 14.4. The van der Waals surface area contributed by atoms with Crippen LogP contribution in [0.15, 0.2) is 34.5 Å². The minimum absolute atomic E-state index is 0.0528. The van der Waals surface area contributed by atoms with Crippen LogP contribution in [0.25, 0.3) is 0 Å². The summed E-state index contributed by atoms with van der Waals surface area (Å²) >= 11 is 4.29. The molecule has 0 atom stereocenters. The number of hydrogen-bond donors (Lipinski definition) is 1. The predicted molar refractivity (Wildman–Crippen MR) is 85.0 cm³/mol. The molecule has 0 saturated carbocycles. The Kier molecular flexibility index (Phi) is 5.57. The number of amides is 1. The number of nitrogens with zero attached hydrogens (tertiary/aromatic N) is 3. The fraction of sp³-hybridized carbons (Fsp3) is 0.250. The average Bonchev–Trinajstić information content (AvgIpc) is 3.07. The lowest BCUT2D eigenvalue weighted by Gasteiger charge is -2.19. The van der Waals surface area contributed by atoms with E-state index in [2.05, 4.69) is 16.8 Å². The number of nitrogen functional groups attached to an aromatic ring is 1. The second-order valence-corrected chi connectivity index (χ2v) is 7.10. The predicted octanol–water partition coefficient (Wildman–Crippen LogP) is 2.49. The van der Waals surface area contributed by atoms with Crippen LogP contribution in [0, 0.1) is 0 Å². The third-order valence-electron chi connectivity index (χ3n) is 2.37. The lowest BCUT2D eigenvalue weighted by molar-refractivity contribution is -0.128. The average molecular weight is 326 g/mol. The van der Waals surface area contributed by atoms with Crippen molar-refractivity contribution >= 4 is 45.5 Å². The van der Waals surface area contributed by atoms with Crippen LogP contribution in [0.5, 0.6) is 0 Å². The number of aromatic nitrogens is 2. The normalized spacial score (nSPS) is 10.4. The maximum absolute atomic E-state index is 12.2. The monoisotopic (exact) mass is 326 g/mol. The van der Waals surface area contributed by atoms with Gasteiger partial charge >= 0.3 is 0 Å². The van der Waals surface area contributed by atoms with Crippen LogP contribution >= 0.6 is 34.4 Å². The van der Waals surface area contributed by atoms with Gasteiger partial charge in [-0.2, -0.15) is 0 Å². The molecule has 0 aliphatic rings. The Morgan fingerprint density at radius 1 is 1.55 bits per heavy atom. The molecule has 0 radical (unpaired) electrons. The van der Waals surface area contributed by atoms with E-state index >= 15 is 0 Å². The number of carbonyl (C=O) groups excluding carboxylic acids is 1. The summed E-state index contributed by atoms with van der Waals surface area (Å²) in [6.45, 7) is 4.85. The molecule has 0 aromatic carbocycles. The Labute approximate surface area is 129 Å². The number of rotatable bonds is 7. The summed E-state index contributed by atoms with van der Waals surface area (Å²) < 4.78 is 0.713. The molecular weight excluding hydrogens is 312 g/mol. The van der Waals surface area contributed by atoms with Gasteiger partial charge in [-0.15, -0.1) is 28.1 Å². The first-order valence-electron chi connectivity index (χ1n) is 5.82. The Morgan fingerprint density at radius 3 is 3.00 bits per heavy atom. The number of anilines is 1. The molecule has 8 heteroatoms. The minimum Gasteiger partial charge on any atom is -0.374 e. The molecule has 0 bridgehead atoms. The summed E-state index contributed by atoms with van der Waals surface area (Å²) in [7, 11) is 0. The lowest BCUT2D eigenvalue weighted by Crippen LogP contribution is -2.31. The molecular formula is C12H14N4OS3. The number of nitrogens with two attached hydrogens (primary N) is 1. The Bertz CT molecular complexity index is 567. The van der Waals surface area contributed by atoms with Gasteiger partial charge in [0.2, 0.25) is 11.0 Å². The second kappa shape index (κ2) is 7.41. The molecule has 0 unspecified atom stereocenters. The largest absolute Gasteiger partial charge is 0.374 e. The van der Waals surface area contributed by atoms with Gasteiger partial charge in [-0.3, -0.25) is 4.79 Å². The highest BCUT2D eigenvalue weighted by molar-refractivity contribution is 8.01. The highest BCUT2D eigenvalue weighted by Crippen LogP contribution is 2.24. The molecule has 0 aliphatic heterocycles. The Hall–Kier alpha value is -1.38. The summed E-state index contributed by atoms with van der Waals surface area (Å²) in [5.41, 5.74) is 5.51. The highest BCUT2D eigenvalue weighted by Gasteiger charge is 2.14. The van der Waals surface area contributed by atoms with Crippen molar-refractivity contribution < 1.29 is 4.79 Å². The highest BCUT2D eigenvalue weighted by atomic mass is 32.2. The molecule has 0 fully saturated rings. The van der Waals surface area contributed by atoms with Gasteiger partial charge in [-0.25, -0.2) is 0 Å². The van der Waals surface area contributed by atoms with Crippen LogP contribution in [0.3, 0.4) is 0 Å². The standard InChI is InChI=1S/C12H14N4OS3/c1-2-5-16(7-9-4-3-6-18-9)10(17)8-19-12-15-14-11(13)20-12/h2-4,6H,1,5,7-8H2,(H2,13,14). The van der Waals surface area contributed by atoms with Crippen molar-refractivity contribution in [2.75, 3.05) is 18.0 Å². The van der Waals surface area contributed by atoms with Gasteiger partial charge < -0.3 is 10.6 Å². The Balaban J connectivity index is 1.91. The van der Waals surface area contributed by atoms with Crippen LogP contribution in [-0.4, -0.2) is 33.3 Å². The van der Waals surface area contributed by atoms with Gasteiger partial charge in [0, 0.05) is 11.4 Å². The summed E-state index contributed by atoms with van der Waals surface area (Å²) in [6.07, 6.45) is 1.74. The van der Waals surface area contributed by atoms with E-state index in [0.717, 1.165) is 4.88 Å². The van der Waals surface area contributed by atoms with Crippen molar-refractivity contribution in [1.29, 1.82) is 0 Å². The maximum Gasteiger partial charge on any atom is 0.233 e. The summed E-state index contributed by atoms with van der Waals surface area (Å²) in [4.78, 5) is 15.2. The van der Waals surface area contributed by atoms with E-state index in [-0.39, 0.29) is 5.91 Å². The van der Waals surface area contributed by atoms with E-state index in [1.165, 1.54) is 23.1 Å². The Morgan fingerprint density at radius 2 is 2.40 bits per heavy atom. The SMILES string of the molecule is C=CCN(Cc1cccs1)C(=O)CSc1nnc(N)s1. The zero-order valence-electron chi connectivity index (χ0n) is 10.7. The van der Waals surface area contributed by atoms with E-state index in [0.29, 0.717) is 28.3 Å². The van der Waals surface area contributed by atoms with Gasteiger partial charge in [-0.05, 0) is 11.4 Å². The maximum atomic E-state index is 12.2. The van der Waals surface area contributed by atoms with Crippen molar-refractivity contribution in [2.45, 2.75) is 10.9 Å². The number of thiophene rings is 1. The lowest BCUT2D eigenvalue weighted by atomic mass is 10.4. The molecule has 20 heavy (non-hydrogen) atoms. The summed E-state index contributed by atoms with van der Waals surface area (Å²) in [5.74, 6) is 0.380. The van der Waals surface area contributed by atoms with Crippen LogP contribution < -0.4 is 5.73 Å². The van der Waals surface area contributed by atoms with Crippen molar-refractivity contribution in [3.63, 3.8) is 0 Å². The van der Waals surface area contributed by atoms with Gasteiger partial charge in [-0.1, -0.05) is 35.2 Å². The topological polar surface area (TPSA) is 72.1 Å². The van der Waals surface area contributed by atoms with Crippen LogP contribution in [0.4, 0.5) is 5.13 Å². The van der Waals surface area contributed by atoms with E-state index < -0.39 is 0 Å².